The van der Waals surface area contributed by atoms with Gasteiger partial charge in [-0.15, -0.1) is 0 Å². The molecule has 0 aliphatic rings. The van der Waals surface area contributed by atoms with Gasteiger partial charge in [-0.05, 0) is 25.1 Å². The summed E-state index contributed by atoms with van der Waals surface area (Å²) in [5.74, 6) is -1.80. The summed E-state index contributed by atoms with van der Waals surface area (Å²) in [4.78, 5) is 33.6. The molecular formula is C12H13ClN2O5. The van der Waals surface area contributed by atoms with Gasteiger partial charge in [0, 0.05) is 5.69 Å². The van der Waals surface area contributed by atoms with Crippen molar-refractivity contribution in [1.82, 2.24) is 5.32 Å². The Morgan fingerprint density at radius 2 is 2.00 bits per heavy atom. The summed E-state index contributed by atoms with van der Waals surface area (Å²) in [6.07, 6.45) is 0. The van der Waals surface area contributed by atoms with E-state index in [-0.39, 0.29) is 16.3 Å². The Labute approximate surface area is 119 Å². The highest BCUT2D eigenvalue weighted by atomic mass is 35.5. The third-order valence-electron chi connectivity index (χ3n) is 2.36. The minimum atomic E-state index is -1.21. The molecule has 3 N–H and O–H groups in total. The number of hydrogen-bond acceptors (Lipinski definition) is 4. The van der Waals surface area contributed by atoms with Crippen molar-refractivity contribution in [1.29, 1.82) is 0 Å². The number of nitrogens with one attached hydrogen (secondary N) is 2. The fourth-order valence-corrected chi connectivity index (χ4v) is 1.56. The van der Waals surface area contributed by atoms with Crippen LogP contribution in [0.4, 0.5) is 10.5 Å². The second-order valence-electron chi connectivity index (χ2n) is 3.84. The maximum atomic E-state index is 11.6. The van der Waals surface area contributed by atoms with E-state index in [0.29, 0.717) is 0 Å². The number of aromatic carboxylic acids is 1. The molecule has 0 aliphatic carbocycles. The lowest BCUT2D eigenvalue weighted by atomic mass is 10.2. The van der Waals surface area contributed by atoms with E-state index in [1.54, 1.807) is 0 Å². The molecule has 0 bridgehead atoms. The van der Waals surface area contributed by atoms with Gasteiger partial charge in [0.05, 0.1) is 17.7 Å². The number of carboxylic acid groups (broad SMARTS) is 1. The van der Waals surface area contributed by atoms with E-state index in [0.717, 1.165) is 0 Å². The lowest BCUT2D eigenvalue weighted by Gasteiger charge is -2.13. The predicted molar refractivity (Wildman–Crippen MR) is 72.0 cm³/mol. The SMILES string of the molecule is COC(=O)C(C)NC(=O)Nc1ccc(Cl)c(C(=O)O)c1. The number of urea groups is 1. The number of ether oxygens (including phenoxy) is 1. The Hall–Kier alpha value is -2.28. The first kappa shape index (κ1) is 15.8. The molecule has 0 radical (unpaired) electrons. The molecule has 0 saturated heterocycles. The number of carboxylic acids is 1. The van der Waals surface area contributed by atoms with E-state index >= 15 is 0 Å². The molecule has 20 heavy (non-hydrogen) atoms. The zero-order chi connectivity index (χ0) is 15.3. The van der Waals surface area contributed by atoms with Crippen LogP contribution in [0.5, 0.6) is 0 Å². The molecule has 7 nitrogen and oxygen atoms in total. The normalized spacial score (nSPS) is 11.3. The maximum absolute atomic E-state index is 11.6. The van der Waals surface area contributed by atoms with Crippen LogP contribution in [0.1, 0.15) is 17.3 Å². The van der Waals surface area contributed by atoms with Crippen LogP contribution in [-0.4, -0.2) is 36.2 Å². The number of amides is 2. The number of anilines is 1. The van der Waals surface area contributed by atoms with Crippen LogP contribution in [0.2, 0.25) is 5.02 Å². The lowest BCUT2D eigenvalue weighted by Crippen LogP contribution is -2.41. The summed E-state index contributed by atoms with van der Waals surface area (Å²) in [5, 5.41) is 13.7. The minimum Gasteiger partial charge on any atom is -0.478 e. The van der Waals surface area contributed by atoms with Gasteiger partial charge in [0.2, 0.25) is 0 Å². The van der Waals surface area contributed by atoms with Crippen molar-refractivity contribution in [2.24, 2.45) is 0 Å². The number of hydrogen-bond donors (Lipinski definition) is 3. The molecule has 1 atom stereocenters. The minimum absolute atomic E-state index is 0.0615. The van der Waals surface area contributed by atoms with Gasteiger partial charge in [0.25, 0.3) is 0 Å². The van der Waals surface area contributed by atoms with Crippen LogP contribution in [-0.2, 0) is 9.53 Å². The molecular weight excluding hydrogens is 288 g/mol. The molecule has 0 heterocycles. The monoisotopic (exact) mass is 300 g/mol. The van der Waals surface area contributed by atoms with Crippen LogP contribution >= 0.6 is 11.6 Å². The number of esters is 1. The smallest absolute Gasteiger partial charge is 0.337 e. The van der Waals surface area contributed by atoms with E-state index in [4.69, 9.17) is 16.7 Å². The van der Waals surface area contributed by atoms with Crippen LogP contribution in [0.25, 0.3) is 0 Å². The molecule has 0 aromatic heterocycles. The molecule has 1 unspecified atom stereocenters. The van der Waals surface area contributed by atoms with E-state index in [1.807, 2.05) is 0 Å². The average Bonchev–Trinajstić information content (AvgIpc) is 2.39. The third-order valence-corrected chi connectivity index (χ3v) is 2.69. The highest BCUT2D eigenvalue weighted by Crippen LogP contribution is 2.20. The van der Waals surface area contributed by atoms with Gasteiger partial charge in [-0.1, -0.05) is 11.6 Å². The summed E-state index contributed by atoms with van der Waals surface area (Å²) in [6, 6.07) is 2.52. The first-order chi connectivity index (χ1) is 9.35. The second-order valence-corrected chi connectivity index (χ2v) is 4.25. The molecule has 0 aliphatic heterocycles. The Kier molecular flexibility index (Phi) is 5.33. The van der Waals surface area contributed by atoms with E-state index in [2.05, 4.69) is 15.4 Å². The highest BCUT2D eigenvalue weighted by Gasteiger charge is 2.16. The molecule has 8 heteroatoms. The van der Waals surface area contributed by atoms with Crippen molar-refractivity contribution in [3.63, 3.8) is 0 Å². The highest BCUT2D eigenvalue weighted by molar-refractivity contribution is 6.33. The number of rotatable bonds is 4. The summed E-state index contributed by atoms with van der Waals surface area (Å²) in [7, 11) is 1.21. The van der Waals surface area contributed by atoms with E-state index < -0.39 is 24.0 Å². The van der Waals surface area contributed by atoms with E-state index in [9.17, 15) is 14.4 Å². The van der Waals surface area contributed by atoms with Gasteiger partial charge < -0.3 is 20.5 Å². The summed E-state index contributed by atoms with van der Waals surface area (Å²) < 4.78 is 4.45. The summed E-state index contributed by atoms with van der Waals surface area (Å²) in [5.41, 5.74) is 0.104. The first-order valence-corrected chi connectivity index (χ1v) is 5.91. The summed E-state index contributed by atoms with van der Waals surface area (Å²) >= 11 is 5.70. The fraction of sp³-hybridized carbons (Fsp3) is 0.250. The fourth-order valence-electron chi connectivity index (χ4n) is 1.37. The number of carbonyl (C=O) groups is 3. The van der Waals surface area contributed by atoms with E-state index in [1.165, 1.54) is 32.2 Å². The molecule has 1 aromatic carbocycles. The van der Waals surface area contributed by atoms with Crippen LogP contribution in [0.15, 0.2) is 18.2 Å². The largest absolute Gasteiger partial charge is 0.478 e. The van der Waals surface area contributed by atoms with Crippen molar-refractivity contribution < 1.29 is 24.2 Å². The quantitative estimate of drug-likeness (QED) is 0.734. The first-order valence-electron chi connectivity index (χ1n) is 5.53. The van der Waals surface area contributed by atoms with Crippen molar-refractivity contribution in [2.45, 2.75) is 13.0 Å². The summed E-state index contributed by atoms with van der Waals surface area (Å²) in [6.45, 7) is 1.45. The van der Waals surface area contributed by atoms with Gasteiger partial charge in [0.1, 0.15) is 6.04 Å². The lowest BCUT2D eigenvalue weighted by molar-refractivity contribution is -0.142. The van der Waals surface area contributed by atoms with Crippen LogP contribution in [0, 0.1) is 0 Å². The zero-order valence-electron chi connectivity index (χ0n) is 10.8. The Bertz CT molecular complexity index is 547. The number of methoxy groups -OCH3 is 1. The molecule has 1 rings (SSSR count). The third kappa shape index (κ3) is 4.13. The molecule has 0 saturated carbocycles. The van der Waals surface area contributed by atoms with Crippen molar-refractivity contribution >= 4 is 35.3 Å². The maximum Gasteiger partial charge on any atom is 0.337 e. The molecule has 0 spiro atoms. The molecule has 1 aromatic rings. The van der Waals surface area contributed by atoms with Gasteiger partial charge in [-0.25, -0.2) is 14.4 Å². The number of halogens is 1. The number of benzene rings is 1. The van der Waals surface area contributed by atoms with Crippen molar-refractivity contribution in [2.75, 3.05) is 12.4 Å². The second kappa shape index (κ2) is 6.76. The zero-order valence-corrected chi connectivity index (χ0v) is 11.5. The molecule has 108 valence electrons. The van der Waals surface area contributed by atoms with Crippen molar-refractivity contribution in [3.8, 4) is 0 Å². The van der Waals surface area contributed by atoms with Gasteiger partial charge in [-0.3, -0.25) is 0 Å². The Morgan fingerprint density at radius 1 is 1.35 bits per heavy atom. The van der Waals surface area contributed by atoms with Crippen molar-refractivity contribution in [3.05, 3.63) is 28.8 Å². The predicted octanol–water partition coefficient (Wildman–Crippen LogP) is 1.72. The van der Waals surface area contributed by atoms with Gasteiger partial charge >= 0.3 is 18.0 Å². The molecule has 0 fully saturated rings. The molecule has 2 amide bonds. The van der Waals surface area contributed by atoms with Gasteiger partial charge in [0.15, 0.2) is 0 Å². The Morgan fingerprint density at radius 3 is 2.55 bits per heavy atom. The Balaban J connectivity index is 2.74. The average molecular weight is 301 g/mol. The standard InChI is InChI=1S/C12H13ClN2O5/c1-6(11(18)20-2)14-12(19)15-7-3-4-9(13)8(5-7)10(16)17/h3-6H,1-2H3,(H,16,17)(H2,14,15,19). The van der Waals surface area contributed by atoms with Crippen LogP contribution < -0.4 is 10.6 Å². The number of carbonyl (C=O) groups excluding carboxylic acids is 2. The van der Waals surface area contributed by atoms with Gasteiger partial charge in [-0.2, -0.15) is 0 Å². The van der Waals surface area contributed by atoms with Crippen LogP contribution in [0.3, 0.4) is 0 Å². The topological polar surface area (TPSA) is 105 Å².